The molecule has 2 aliphatic rings. The summed E-state index contributed by atoms with van der Waals surface area (Å²) in [5, 5.41) is 3.11. The van der Waals surface area contributed by atoms with Crippen LogP contribution in [0.15, 0.2) is 42.5 Å². The Kier molecular flexibility index (Phi) is 6.35. The Balaban J connectivity index is 1.34. The summed E-state index contributed by atoms with van der Waals surface area (Å²) in [5.41, 5.74) is 3.73. The van der Waals surface area contributed by atoms with Crippen LogP contribution < -0.4 is 14.8 Å². The Bertz CT molecular complexity index is 846. The minimum Gasteiger partial charge on any atom is -0.454 e. The first-order valence-electron chi connectivity index (χ1n) is 10.6. The van der Waals surface area contributed by atoms with Gasteiger partial charge in [-0.15, -0.1) is 0 Å². The lowest BCUT2D eigenvalue weighted by Gasteiger charge is -2.28. The molecular weight excluding hydrogens is 364 g/mol. The molecule has 2 aromatic carbocycles. The zero-order valence-corrected chi connectivity index (χ0v) is 17.2. The lowest BCUT2D eigenvalue weighted by molar-refractivity contribution is -0.122. The van der Waals surface area contributed by atoms with E-state index in [2.05, 4.69) is 41.4 Å². The Labute approximate surface area is 173 Å². The average Bonchev–Trinajstić information content (AvgIpc) is 3.40. The van der Waals surface area contributed by atoms with E-state index in [1.54, 1.807) is 0 Å². The van der Waals surface area contributed by atoms with Crippen molar-refractivity contribution in [3.8, 4) is 11.5 Å². The fourth-order valence-electron chi connectivity index (χ4n) is 4.32. The molecule has 1 aliphatic heterocycles. The molecule has 0 atom stereocenters. The number of aryl methyl sites for hydroxylation is 1. The van der Waals surface area contributed by atoms with Gasteiger partial charge in [-0.3, -0.25) is 9.69 Å². The van der Waals surface area contributed by atoms with Crippen LogP contribution in [0.1, 0.15) is 42.4 Å². The van der Waals surface area contributed by atoms with Gasteiger partial charge in [0.1, 0.15) is 0 Å². The molecule has 0 spiro atoms. The molecule has 0 bridgehead atoms. The molecular formula is C24H30N2O3. The van der Waals surface area contributed by atoms with Crippen LogP contribution in [0, 0.1) is 6.92 Å². The standard InChI is InChI=1S/C24H30N2O3/c1-18-6-2-3-7-20(18)12-13-25-24(27)16-26(21-8-4-5-9-21)15-19-10-11-22-23(14-19)29-17-28-22/h2-3,6-7,10-11,14,21H,4-5,8-9,12-13,15-17H2,1H3,(H,25,27). The summed E-state index contributed by atoms with van der Waals surface area (Å²) < 4.78 is 10.9. The second-order valence-corrected chi connectivity index (χ2v) is 8.06. The van der Waals surface area contributed by atoms with Crippen LogP contribution in [0.2, 0.25) is 0 Å². The fourth-order valence-corrected chi connectivity index (χ4v) is 4.32. The highest BCUT2D eigenvalue weighted by atomic mass is 16.7. The number of carbonyl (C=O) groups is 1. The number of fused-ring (bicyclic) bond motifs is 1. The molecule has 1 N–H and O–H groups in total. The van der Waals surface area contributed by atoms with Gasteiger partial charge >= 0.3 is 0 Å². The van der Waals surface area contributed by atoms with Crippen molar-refractivity contribution < 1.29 is 14.3 Å². The van der Waals surface area contributed by atoms with Crippen molar-refractivity contribution in [2.75, 3.05) is 19.9 Å². The number of hydrogen-bond acceptors (Lipinski definition) is 4. The fraction of sp³-hybridized carbons (Fsp3) is 0.458. The van der Waals surface area contributed by atoms with E-state index in [0.29, 0.717) is 19.1 Å². The van der Waals surface area contributed by atoms with Crippen molar-refractivity contribution in [1.82, 2.24) is 10.2 Å². The molecule has 5 heteroatoms. The van der Waals surface area contributed by atoms with Crippen LogP contribution in [0.4, 0.5) is 0 Å². The van der Waals surface area contributed by atoms with Gasteiger partial charge in [0.05, 0.1) is 6.54 Å². The molecule has 0 radical (unpaired) electrons. The van der Waals surface area contributed by atoms with Gasteiger partial charge in [0.2, 0.25) is 12.7 Å². The molecule has 1 fully saturated rings. The number of ether oxygens (including phenoxy) is 2. The maximum absolute atomic E-state index is 12.7. The van der Waals surface area contributed by atoms with E-state index < -0.39 is 0 Å². The predicted octanol–water partition coefficient (Wildman–Crippen LogP) is 3.83. The molecule has 29 heavy (non-hydrogen) atoms. The monoisotopic (exact) mass is 394 g/mol. The number of amides is 1. The van der Waals surface area contributed by atoms with Crippen molar-refractivity contribution in [3.05, 3.63) is 59.2 Å². The van der Waals surface area contributed by atoms with Gasteiger partial charge < -0.3 is 14.8 Å². The molecule has 2 aromatic rings. The van der Waals surface area contributed by atoms with Gasteiger partial charge in [-0.1, -0.05) is 43.2 Å². The topological polar surface area (TPSA) is 50.8 Å². The lowest BCUT2D eigenvalue weighted by atomic mass is 10.1. The van der Waals surface area contributed by atoms with E-state index in [1.165, 1.54) is 36.8 Å². The first-order valence-corrected chi connectivity index (χ1v) is 10.6. The Hall–Kier alpha value is -2.53. The van der Waals surface area contributed by atoms with E-state index in [9.17, 15) is 4.79 Å². The average molecular weight is 395 g/mol. The molecule has 1 aliphatic carbocycles. The zero-order chi connectivity index (χ0) is 20.1. The van der Waals surface area contributed by atoms with E-state index in [1.807, 2.05) is 18.2 Å². The van der Waals surface area contributed by atoms with Crippen molar-refractivity contribution in [1.29, 1.82) is 0 Å². The number of nitrogens with one attached hydrogen (secondary N) is 1. The highest BCUT2D eigenvalue weighted by Gasteiger charge is 2.25. The van der Waals surface area contributed by atoms with Gasteiger partial charge in [0.25, 0.3) is 0 Å². The molecule has 4 rings (SSSR count). The first kappa shape index (κ1) is 19.8. The maximum atomic E-state index is 12.7. The first-order chi connectivity index (χ1) is 14.2. The van der Waals surface area contributed by atoms with Crippen LogP contribution in [0.25, 0.3) is 0 Å². The number of benzene rings is 2. The smallest absolute Gasteiger partial charge is 0.234 e. The van der Waals surface area contributed by atoms with Crippen LogP contribution >= 0.6 is 0 Å². The normalized spacial score (nSPS) is 15.8. The largest absolute Gasteiger partial charge is 0.454 e. The summed E-state index contributed by atoms with van der Waals surface area (Å²) in [6.07, 6.45) is 5.69. The van der Waals surface area contributed by atoms with Crippen LogP contribution in [0.5, 0.6) is 11.5 Å². The molecule has 1 amide bonds. The summed E-state index contributed by atoms with van der Waals surface area (Å²) >= 11 is 0. The summed E-state index contributed by atoms with van der Waals surface area (Å²) in [5.74, 6) is 1.71. The molecule has 0 unspecified atom stereocenters. The number of hydrogen-bond donors (Lipinski definition) is 1. The van der Waals surface area contributed by atoms with Gasteiger partial charge in [0, 0.05) is 19.1 Å². The van der Waals surface area contributed by atoms with Crippen molar-refractivity contribution in [2.45, 2.75) is 51.6 Å². The van der Waals surface area contributed by atoms with Crippen molar-refractivity contribution in [2.24, 2.45) is 0 Å². The van der Waals surface area contributed by atoms with E-state index in [0.717, 1.165) is 30.0 Å². The second kappa shape index (κ2) is 9.31. The minimum absolute atomic E-state index is 0.103. The molecule has 154 valence electrons. The number of rotatable bonds is 8. The molecule has 0 aromatic heterocycles. The SMILES string of the molecule is Cc1ccccc1CCNC(=O)CN(Cc1ccc2c(c1)OCO2)C1CCCC1. The molecule has 1 saturated carbocycles. The van der Waals surface area contributed by atoms with Gasteiger partial charge in [0.15, 0.2) is 11.5 Å². The van der Waals surface area contributed by atoms with E-state index >= 15 is 0 Å². The third kappa shape index (κ3) is 5.10. The summed E-state index contributed by atoms with van der Waals surface area (Å²) in [6, 6.07) is 14.9. The minimum atomic E-state index is 0.103. The number of nitrogens with zero attached hydrogens (tertiary/aromatic N) is 1. The Morgan fingerprint density at radius 3 is 2.72 bits per heavy atom. The van der Waals surface area contributed by atoms with Crippen LogP contribution in [-0.2, 0) is 17.8 Å². The Morgan fingerprint density at radius 2 is 1.90 bits per heavy atom. The highest BCUT2D eigenvalue weighted by molar-refractivity contribution is 5.78. The number of carbonyl (C=O) groups excluding carboxylic acids is 1. The third-order valence-electron chi connectivity index (χ3n) is 5.99. The van der Waals surface area contributed by atoms with Gasteiger partial charge in [-0.25, -0.2) is 0 Å². The summed E-state index contributed by atoms with van der Waals surface area (Å²) in [6.45, 7) is 4.27. The van der Waals surface area contributed by atoms with E-state index in [4.69, 9.17) is 9.47 Å². The quantitative estimate of drug-likeness (QED) is 0.739. The Morgan fingerprint density at radius 1 is 1.10 bits per heavy atom. The van der Waals surface area contributed by atoms with Gasteiger partial charge in [-0.2, -0.15) is 0 Å². The third-order valence-corrected chi connectivity index (χ3v) is 5.99. The van der Waals surface area contributed by atoms with Gasteiger partial charge in [-0.05, 0) is 55.0 Å². The lowest BCUT2D eigenvalue weighted by Crippen LogP contribution is -2.42. The predicted molar refractivity (Wildman–Crippen MR) is 113 cm³/mol. The summed E-state index contributed by atoms with van der Waals surface area (Å²) in [7, 11) is 0. The van der Waals surface area contributed by atoms with Crippen LogP contribution in [0.3, 0.4) is 0 Å². The molecule has 0 saturated heterocycles. The van der Waals surface area contributed by atoms with Crippen molar-refractivity contribution >= 4 is 5.91 Å². The zero-order valence-electron chi connectivity index (χ0n) is 17.2. The highest BCUT2D eigenvalue weighted by Crippen LogP contribution is 2.33. The molecule has 1 heterocycles. The second-order valence-electron chi connectivity index (χ2n) is 8.06. The molecule has 5 nitrogen and oxygen atoms in total. The van der Waals surface area contributed by atoms with Crippen molar-refractivity contribution in [3.63, 3.8) is 0 Å². The summed E-state index contributed by atoms with van der Waals surface area (Å²) in [4.78, 5) is 15.0. The van der Waals surface area contributed by atoms with E-state index in [-0.39, 0.29) is 12.7 Å². The maximum Gasteiger partial charge on any atom is 0.234 e. The van der Waals surface area contributed by atoms with Crippen LogP contribution in [-0.4, -0.2) is 36.7 Å².